The molecular formula is C15H18ClFNO+. The summed E-state index contributed by atoms with van der Waals surface area (Å²) in [5.41, 5.74) is 0.797. The molecule has 102 valence electrons. The molecule has 0 saturated heterocycles. The summed E-state index contributed by atoms with van der Waals surface area (Å²) in [5, 5.41) is 2.34. The van der Waals surface area contributed by atoms with Crippen molar-refractivity contribution in [3.8, 4) is 11.3 Å². The Morgan fingerprint density at radius 2 is 2.11 bits per heavy atom. The van der Waals surface area contributed by atoms with Gasteiger partial charge in [-0.3, -0.25) is 0 Å². The number of quaternary nitrogens is 1. The molecular weight excluding hydrogens is 265 g/mol. The highest BCUT2D eigenvalue weighted by Gasteiger charge is 2.08. The number of hydrogen-bond donors (Lipinski definition) is 1. The summed E-state index contributed by atoms with van der Waals surface area (Å²) in [5.74, 6) is 1.23. The molecule has 0 amide bonds. The molecule has 19 heavy (non-hydrogen) atoms. The Labute approximate surface area is 117 Å². The Morgan fingerprint density at radius 3 is 2.84 bits per heavy atom. The van der Waals surface area contributed by atoms with Crippen LogP contribution in [-0.4, -0.2) is 6.54 Å². The fourth-order valence-corrected chi connectivity index (χ4v) is 2.07. The number of halogens is 2. The molecule has 0 aliphatic carbocycles. The van der Waals surface area contributed by atoms with E-state index in [1.54, 1.807) is 12.1 Å². The first-order chi connectivity index (χ1) is 9.20. The van der Waals surface area contributed by atoms with E-state index in [9.17, 15) is 4.39 Å². The highest BCUT2D eigenvalue weighted by atomic mass is 35.5. The van der Waals surface area contributed by atoms with Gasteiger partial charge in [0, 0.05) is 5.56 Å². The van der Waals surface area contributed by atoms with E-state index in [2.05, 4.69) is 12.2 Å². The fourth-order valence-electron chi connectivity index (χ4n) is 1.88. The molecule has 1 aromatic carbocycles. The van der Waals surface area contributed by atoms with Crippen LogP contribution in [0, 0.1) is 5.82 Å². The van der Waals surface area contributed by atoms with E-state index in [1.165, 1.54) is 18.9 Å². The van der Waals surface area contributed by atoms with Gasteiger partial charge in [0.05, 0.1) is 11.6 Å². The van der Waals surface area contributed by atoms with Crippen molar-refractivity contribution < 1.29 is 14.1 Å². The molecule has 0 bridgehead atoms. The normalized spacial score (nSPS) is 10.9. The van der Waals surface area contributed by atoms with Crippen LogP contribution >= 0.6 is 11.6 Å². The monoisotopic (exact) mass is 282 g/mol. The Balaban J connectivity index is 2.01. The quantitative estimate of drug-likeness (QED) is 0.806. The molecule has 1 heterocycles. The Hall–Kier alpha value is -1.32. The molecule has 0 atom stereocenters. The van der Waals surface area contributed by atoms with Gasteiger partial charge in [0.25, 0.3) is 0 Å². The van der Waals surface area contributed by atoms with Crippen molar-refractivity contribution in [3.63, 3.8) is 0 Å². The second-order valence-corrected chi connectivity index (χ2v) is 4.94. The maximum atomic E-state index is 13.1. The molecule has 2 nitrogen and oxygen atoms in total. The van der Waals surface area contributed by atoms with Crippen LogP contribution < -0.4 is 5.32 Å². The molecule has 0 radical (unpaired) electrons. The lowest BCUT2D eigenvalue weighted by molar-refractivity contribution is -0.672. The molecule has 0 aliphatic heterocycles. The standard InChI is InChI=1S/C15H17ClFNO/c1-2-3-8-18-10-12-5-7-15(19-12)11-4-6-14(17)13(16)9-11/h4-7,9,18H,2-3,8,10H2,1H3/p+1. The third-order valence-corrected chi connectivity index (χ3v) is 3.26. The van der Waals surface area contributed by atoms with Gasteiger partial charge < -0.3 is 9.73 Å². The smallest absolute Gasteiger partial charge is 0.158 e. The number of unbranched alkanes of at least 4 members (excludes halogenated alkanes) is 1. The van der Waals surface area contributed by atoms with Gasteiger partial charge in [0.1, 0.15) is 18.1 Å². The van der Waals surface area contributed by atoms with E-state index >= 15 is 0 Å². The molecule has 0 saturated carbocycles. The second-order valence-electron chi connectivity index (χ2n) is 4.53. The Morgan fingerprint density at radius 1 is 1.26 bits per heavy atom. The second kappa shape index (κ2) is 6.73. The van der Waals surface area contributed by atoms with Gasteiger partial charge >= 0.3 is 0 Å². The van der Waals surface area contributed by atoms with Crippen LogP contribution in [0.3, 0.4) is 0 Å². The zero-order valence-corrected chi connectivity index (χ0v) is 11.7. The molecule has 0 unspecified atom stereocenters. The molecule has 0 fully saturated rings. The van der Waals surface area contributed by atoms with Crippen molar-refractivity contribution in [2.45, 2.75) is 26.3 Å². The third kappa shape index (κ3) is 3.82. The predicted octanol–water partition coefficient (Wildman–Crippen LogP) is 3.60. The zero-order chi connectivity index (χ0) is 13.7. The maximum absolute atomic E-state index is 13.1. The van der Waals surface area contributed by atoms with E-state index in [1.807, 2.05) is 12.1 Å². The van der Waals surface area contributed by atoms with Crippen molar-refractivity contribution in [2.24, 2.45) is 0 Å². The predicted molar refractivity (Wildman–Crippen MR) is 74.5 cm³/mol. The topological polar surface area (TPSA) is 29.8 Å². The van der Waals surface area contributed by atoms with Gasteiger partial charge in [-0.2, -0.15) is 0 Å². The Kier molecular flexibility index (Phi) is 5.00. The third-order valence-electron chi connectivity index (χ3n) is 2.97. The van der Waals surface area contributed by atoms with Gasteiger partial charge in [-0.15, -0.1) is 0 Å². The molecule has 0 spiro atoms. The highest BCUT2D eigenvalue weighted by molar-refractivity contribution is 6.31. The van der Waals surface area contributed by atoms with Gasteiger partial charge in [-0.1, -0.05) is 24.9 Å². The number of hydrogen-bond acceptors (Lipinski definition) is 1. The molecule has 1 aromatic heterocycles. The van der Waals surface area contributed by atoms with Crippen LogP contribution in [0.5, 0.6) is 0 Å². The van der Waals surface area contributed by atoms with E-state index in [0.29, 0.717) is 0 Å². The minimum atomic E-state index is -0.412. The minimum absolute atomic E-state index is 0.116. The van der Waals surface area contributed by atoms with Gasteiger partial charge in [0.2, 0.25) is 0 Å². The first-order valence-electron chi connectivity index (χ1n) is 6.56. The summed E-state index contributed by atoms with van der Waals surface area (Å²) in [4.78, 5) is 0. The van der Waals surface area contributed by atoms with Crippen LogP contribution in [0.2, 0.25) is 5.02 Å². The average Bonchev–Trinajstić information content (AvgIpc) is 2.87. The fraction of sp³-hybridized carbons (Fsp3) is 0.333. The SMILES string of the molecule is CCCC[NH2+]Cc1ccc(-c2ccc(F)c(Cl)c2)o1. The first kappa shape index (κ1) is 14.1. The molecule has 4 heteroatoms. The largest absolute Gasteiger partial charge is 0.455 e. The summed E-state index contributed by atoms with van der Waals surface area (Å²) in [7, 11) is 0. The number of rotatable bonds is 6. The summed E-state index contributed by atoms with van der Waals surface area (Å²) >= 11 is 5.77. The highest BCUT2D eigenvalue weighted by Crippen LogP contribution is 2.26. The van der Waals surface area contributed by atoms with Gasteiger partial charge in [-0.05, 0) is 36.8 Å². The van der Waals surface area contributed by atoms with E-state index in [-0.39, 0.29) is 5.02 Å². The van der Waals surface area contributed by atoms with Crippen LogP contribution in [-0.2, 0) is 6.54 Å². The molecule has 0 aliphatic rings. The maximum Gasteiger partial charge on any atom is 0.158 e. The van der Waals surface area contributed by atoms with Crippen LogP contribution in [0.25, 0.3) is 11.3 Å². The first-order valence-corrected chi connectivity index (χ1v) is 6.94. The van der Waals surface area contributed by atoms with Gasteiger partial charge in [0.15, 0.2) is 5.76 Å². The molecule has 2 aromatic rings. The summed E-state index contributed by atoms with van der Waals surface area (Å²) < 4.78 is 18.8. The average molecular weight is 283 g/mol. The van der Waals surface area contributed by atoms with Crippen molar-refractivity contribution in [3.05, 3.63) is 46.9 Å². The van der Waals surface area contributed by atoms with E-state index in [4.69, 9.17) is 16.0 Å². The number of furan rings is 1. The lowest BCUT2D eigenvalue weighted by atomic mass is 10.2. The lowest BCUT2D eigenvalue weighted by Gasteiger charge is -2.00. The summed E-state index contributed by atoms with van der Waals surface area (Å²) in [6.45, 7) is 4.11. The summed E-state index contributed by atoms with van der Waals surface area (Å²) in [6.07, 6.45) is 2.41. The van der Waals surface area contributed by atoms with E-state index < -0.39 is 5.82 Å². The van der Waals surface area contributed by atoms with Crippen molar-refractivity contribution >= 4 is 11.6 Å². The Bertz CT molecular complexity index is 539. The van der Waals surface area contributed by atoms with Crippen LogP contribution in [0.15, 0.2) is 34.7 Å². The van der Waals surface area contributed by atoms with Gasteiger partial charge in [-0.25, -0.2) is 4.39 Å². The lowest BCUT2D eigenvalue weighted by Crippen LogP contribution is -2.82. The molecule has 2 rings (SSSR count). The zero-order valence-electron chi connectivity index (χ0n) is 11.0. The number of benzene rings is 1. The van der Waals surface area contributed by atoms with E-state index in [0.717, 1.165) is 30.2 Å². The van der Waals surface area contributed by atoms with Crippen LogP contribution in [0.4, 0.5) is 4.39 Å². The van der Waals surface area contributed by atoms with Crippen molar-refractivity contribution in [1.29, 1.82) is 0 Å². The van der Waals surface area contributed by atoms with Crippen molar-refractivity contribution in [1.82, 2.24) is 0 Å². The summed E-state index contributed by atoms with van der Waals surface area (Å²) in [6, 6.07) is 8.46. The van der Waals surface area contributed by atoms with Crippen molar-refractivity contribution in [2.75, 3.05) is 6.54 Å². The number of nitrogens with two attached hydrogens (primary N) is 1. The minimum Gasteiger partial charge on any atom is -0.455 e. The molecule has 2 N–H and O–H groups in total. The van der Waals surface area contributed by atoms with Crippen LogP contribution in [0.1, 0.15) is 25.5 Å².